The van der Waals surface area contributed by atoms with Gasteiger partial charge < -0.3 is 10.7 Å². The van der Waals surface area contributed by atoms with E-state index in [9.17, 15) is 0 Å². The standard InChI is InChI=1S/C18H18ClN5/c1-11-18(2,3)13-6-7-21-9-16(13)23(11)10-17-22-14-8-12(19)4-5-15(14)24(17)20/h4-9H,1,10,20H2,2-3H3. The molecule has 0 saturated heterocycles. The van der Waals surface area contributed by atoms with Crippen LogP contribution in [0.5, 0.6) is 0 Å². The first-order chi connectivity index (χ1) is 11.4. The fourth-order valence-corrected chi connectivity index (χ4v) is 3.49. The number of nitrogen functional groups attached to an aromatic ring is 1. The first-order valence-corrected chi connectivity index (χ1v) is 8.11. The number of pyridine rings is 1. The lowest BCUT2D eigenvalue weighted by Crippen LogP contribution is -2.27. The van der Waals surface area contributed by atoms with Crippen LogP contribution in [0.25, 0.3) is 11.0 Å². The summed E-state index contributed by atoms with van der Waals surface area (Å²) in [5.74, 6) is 6.99. The number of rotatable bonds is 2. The number of nitrogens with two attached hydrogens (primary N) is 1. The Hall–Kier alpha value is -2.53. The molecule has 0 atom stereocenters. The third-order valence-corrected chi connectivity index (χ3v) is 5.07. The van der Waals surface area contributed by atoms with Gasteiger partial charge in [-0.3, -0.25) is 4.98 Å². The van der Waals surface area contributed by atoms with Crippen LogP contribution in [0.3, 0.4) is 0 Å². The van der Waals surface area contributed by atoms with Gasteiger partial charge >= 0.3 is 0 Å². The van der Waals surface area contributed by atoms with Gasteiger partial charge in [-0.2, -0.15) is 0 Å². The van der Waals surface area contributed by atoms with Crippen LogP contribution in [0.15, 0.2) is 48.9 Å². The first-order valence-electron chi connectivity index (χ1n) is 7.73. The van der Waals surface area contributed by atoms with Crippen molar-refractivity contribution in [2.24, 2.45) is 0 Å². The summed E-state index contributed by atoms with van der Waals surface area (Å²) < 4.78 is 1.61. The summed E-state index contributed by atoms with van der Waals surface area (Å²) in [5.41, 5.74) is 4.77. The number of hydrogen-bond donors (Lipinski definition) is 1. The zero-order valence-electron chi connectivity index (χ0n) is 13.6. The SMILES string of the molecule is C=C1N(Cc2nc3cc(Cl)ccc3n2N)c2cnccc2C1(C)C. The number of aromatic nitrogens is 3. The van der Waals surface area contributed by atoms with Gasteiger partial charge in [-0.15, -0.1) is 0 Å². The highest BCUT2D eigenvalue weighted by atomic mass is 35.5. The molecule has 0 amide bonds. The van der Waals surface area contributed by atoms with Gasteiger partial charge in [-0.25, -0.2) is 9.66 Å². The normalized spacial score (nSPS) is 16.0. The molecule has 6 heteroatoms. The molecule has 0 spiro atoms. The van der Waals surface area contributed by atoms with Crippen LogP contribution in [0, 0.1) is 0 Å². The minimum atomic E-state index is -0.146. The van der Waals surface area contributed by atoms with E-state index >= 15 is 0 Å². The van der Waals surface area contributed by atoms with Crippen LogP contribution in [0.2, 0.25) is 5.02 Å². The van der Waals surface area contributed by atoms with Crippen molar-refractivity contribution in [2.75, 3.05) is 10.7 Å². The highest BCUT2D eigenvalue weighted by molar-refractivity contribution is 6.31. The Bertz CT molecular complexity index is 973. The average Bonchev–Trinajstić information content (AvgIpc) is 2.95. The summed E-state index contributed by atoms with van der Waals surface area (Å²) in [4.78, 5) is 11.0. The summed E-state index contributed by atoms with van der Waals surface area (Å²) >= 11 is 6.06. The van der Waals surface area contributed by atoms with E-state index in [4.69, 9.17) is 17.4 Å². The molecule has 0 saturated carbocycles. The van der Waals surface area contributed by atoms with Crippen molar-refractivity contribution in [3.63, 3.8) is 0 Å². The number of fused-ring (bicyclic) bond motifs is 2. The summed E-state index contributed by atoms with van der Waals surface area (Å²) in [6, 6.07) is 7.57. The van der Waals surface area contributed by atoms with E-state index < -0.39 is 0 Å². The molecule has 1 aliphatic heterocycles. The maximum Gasteiger partial charge on any atom is 0.148 e. The van der Waals surface area contributed by atoms with Gasteiger partial charge in [0.2, 0.25) is 0 Å². The lowest BCUT2D eigenvalue weighted by atomic mass is 9.85. The molecule has 3 aromatic rings. The lowest BCUT2D eigenvalue weighted by Gasteiger charge is -2.25. The molecule has 2 aromatic heterocycles. The second-order valence-corrected chi connectivity index (χ2v) is 7.02. The smallest absolute Gasteiger partial charge is 0.148 e. The predicted octanol–water partition coefficient (Wildman–Crippen LogP) is 3.61. The second-order valence-electron chi connectivity index (χ2n) is 6.58. The number of imidazole rings is 1. The molecule has 3 heterocycles. The number of allylic oxidation sites excluding steroid dienone is 1. The number of hydrogen-bond acceptors (Lipinski definition) is 4. The van der Waals surface area contributed by atoms with Gasteiger partial charge in [0.05, 0.1) is 29.5 Å². The highest BCUT2D eigenvalue weighted by Crippen LogP contribution is 2.46. The van der Waals surface area contributed by atoms with Crippen LogP contribution in [0.4, 0.5) is 5.69 Å². The van der Waals surface area contributed by atoms with Crippen LogP contribution in [-0.2, 0) is 12.0 Å². The van der Waals surface area contributed by atoms with E-state index in [0.29, 0.717) is 11.6 Å². The van der Waals surface area contributed by atoms with Crippen molar-refractivity contribution in [2.45, 2.75) is 25.8 Å². The van der Waals surface area contributed by atoms with Crippen LogP contribution in [0.1, 0.15) is 25.2 Å². The fourth-order valence-electron chi connectivity index (χ4n) is 3.32. The van der Waals surface area contributed by atoms with Gasteiger partial charge in [0.15, 0.2) is 0 Å². The molecular formula is C18H18ClN5. The molecule has 0 aliphatic carbocycles. The second kappa shape index (κ2) is 4.98. The molecular weight excluding hydrogens is 322 g/mol. The van der Waals surface area contributed by atoms with Crippen molar-refractivity contribution in [3.05, 3.63) is 65.3 Å². The molecule has 4 rings (SSSR count). The zero-order valence-corrected chi connectivity index (χ0v) is 14.4. The third-order valence-electron chi connectivity index (χ3n) is 4.84. The van der Waals surface area contributed by atoms with E-state index in [-0.39, 0.29) is 5.41 Å². The first kappa shape index (κ1) is 15.0. The Morgan fingerprint density at radius 1 is 1.29 bits per heavy atom. The zero-order chi connectivity index (χ0) is 17.1. The van der Waals surface area contributed by atoms with Crippen molar-refractivity contribution < 1.29 is 0 Å². The van der Waals surface area contributed by atoms with Gasteiger partial charge in [0, 0.05) is 22.3 Å². The minimum absolute atomic E-state index is 0.146. The van der Waals surface area contributed by atoms with E-state index in [1.807, 2.05) is 36.7 Å². The van der Waals surface area contributed by atoms with Crippen molar-refractivity contribution >= 4 is 28.3 Å². The monoisotopic (exact) mass is 339 g/mol. The van der Waals surface area contributed by atoms with Crippen LogP contribution >= 0.6 is 11.6 Å². The number of nitrogens with zero attached hydrogens (tertiary/aromatic N) is 4. The Morgan fingerprint density at radius 2 is 2.08 bits per heavy atom. The molecule has 2 N–H and O–H groups in total. The number of anilines is 1. The summed E-state index contributed by atoms with van der Waals surface area (Å²) in [5, 5.41) is 0.647. The fraction of sp³-hybridized carbons (Fsp3) is 0.222. The summed E-state index contributed by atoms with van der Waals surface area (Å²) in [6.45, 7) is 9.16. The van der Waals surface area contributed by atoms with E-state index in [0.717, 1.165) is 28.2 Å². The summed E-state index contributed by atoms with van der Waals surface area (Å²) in [7, 11) is 0. The maximum absolute atomic E-state index is 6.24. The Balaban J connectivity index is 1.79. The Morgan fingerprint density at radius 3 is 2.88 bits per heavy atom. The number of halogens is 1. The maximum atomic E-state index is 6.24. The Kier molecular flexibility index (Phi) is 3.12. The third kappa shape index (κ3) is 2.01. The van der Waals surface area contributed by atoms with Crippen LogP contribution in [-0.4, -0.2) is 14.6 Å². The van der Waals surface area contributed by atoms with E-state index in [1.165, 1.54) is 5.56 Å². The molecule has 5 nitrogen and oxygen atoms in total. The summed E-state index contributed by atoms with van der Waals surface area (Å²) in [6.07, 6.45) is 3.69. The average molecular weight is 340 g/mol. The van der Waals surface area contributed by atoms with Crippen molar-refractivity contribution in [3.8, 4) is 0 Å². The van der Waals surface area contributed by atoms with Gasteiger partial charge in [0.25, 0.3) is 0 Å². The Labute approximate surface area is 145 Å². The molecule has 1 aromatic carbocycles. The largest absolute Gasteiger partial charge is 0.337 e. The molecule has 24 heavy (non-hydrogen) atoms. The van der Waals surface area contributed by atoms with Gasteiger partial charge in [0.1, 0.15) is 5.82 Å². The van der Waals surface area contributed by atoms with E-state index in [2.05, 4.69) is 35.3 Å². The quantitative estimate of drug-likeness (QED) is 0.724. The molecule has 0 radical (unpaired) electrons. The topological polar surface area (TPSA) is 60.0 Å². The highest BCUT2D eigenvalue weighted by Gasteiger charge is 2.39. The van der Waals surface area contributed by atoms with E-state index in [1.54, 1.807) is 4.68 Å². The molecule has 0 unspecified atom stereocenters. The predicted molar refractivity (Wildman–Crippen MR) is 97.5 cm³/mol. The molecule has 122 valence electrons. The van der Waals surface area contributed by atoms with Gasteiger partial charge in [-0.05, 0) is 29.8 Å². The van der Waals surface area contributed by atoms with Crippen molar-refractivity contribution in [1.82, 2.24) is 14.6 Å². The molecule has 1 aliphatic rings. The lowest BCUT2D eigenvalue weighted by molar-refractivity contribution is 0.628. The van der Waals surface area contributed by atoms with Crippen LogP contribution < -0.4 is 10.7 Å². The minimum Gasteiger partial charge on any atom is -0.337 e. The molecule has 0 fully saturated rings. The number of benzene rings is 1. The van der Waals surface area contributed by atoms with Gasteiger partial charge in [-0.1, -0.05) is 32.0 Å². The van der Waals surface area contributed by atoms with Crippen molar-refractivity contribution in [1.29, 1.82) is 0 Å². The molecule has 0 bridgehead atoms.